The second-order valence-corrected chi connectivity index (χ2v) is 5.85. The standard InChI is InChI=1S/C19H23NO3/c1-6-13(3)20-14(4)17(19(22)23-5)16(18(20)21)11-15-9-7-12(2)8-10-15/h7-11,13H,6H2,1-5H3/b16-11-/t13-/m0/s1. The van der Waals surface area contributed by atoms with E-state index >= 15 is 0 Å². The number of esters is 1. The van der Waals surface area contributed by atoms with Crippen LogP contribution in [0.5, 0.6) is 0 Å². The largest absolute Gasteiger partial charge is 0.465 e. The number of amides is 1. The molecule has 1 amide bonds. The molecule has 0 saturated heterocycles. The highest BCUT2D eigenvalue weighted by molar-refractivity contribution is 6.16. The van der Waals surface area contributed by atoms with Crippen molar-refractivity contribution in [3.8, 4) is 0 Å². The van der Waals surface area contributed by atoms with Crippen molar-refractivity contribution in [2.45, 2.75) is 40.2 Å². The molecule has 0 fully saturated rings. The number of allylic oxidation sites excluding steroid dienone is 1. The van der Waals surface area contributed by atoms with Crippen molar-refractivity contribution in [3.63, 3.8) is 0 Å². The fraction of sp³-hybridized carbons (Fsp3) is 0.368. The lowest BCUT2D eigenvalue weighted by molar-refractivity contribution is -0.136. The molecule has 0 saturated carbocycles. The summed E-state index contributed by atoms with van der Waals surface area (Å²) in [6.45, 7) is 7.80. The Balaban J connectivity index is 2.54. The normalized spacial score (nSPS) is 17.9. The Morgan fingerprint density at radius 3 is 2.39 bits per heavy atom. The van der Waals surface area contributed by atoms with Crippen LogP contribution in [-0.2, 0) is 14.3 Å². The van der Waals surface area contributed by atoms with Crippen LogP contribution in [0, 0.1) is 6.92 Å². The molecule has 0 aromatic heterocycles. The summed E-state index contributed by atoms with van der Waals surface area (Å²) in [6, 6.07) is 7.86. The number of ether oxygens (including phenoxy) is 1. The molecule has 4 nitrogen and oxygen atoms in total. The van der Waals surface area contributed by atoms with E-state index in [0.717, 1.165) is 17.5 Å². The third-order valence-corrected chi connectivity index (χ3v) is 4.25. The van der Waals surface area contributed by atoms with Gasteiger partial charge in [0.2, 0.25) is 0 Å². The van der Waals surface area contributed by atoms with Gasteiger partial charge in [-0.3, -0.25) is 4.79 Å². The number of rotatable bonds is 4. The van der Waals surface area contributed by atoms with E-state index in [-0.39, 0.29) is 11.9 Å². The Morgan fingerprint density at radius 2 is 1.87 bits per heavy atom. The Morgan fingerprint density at radius 1 is 1.26 bits per heavy atom. The number of carbonyl (C=O) groups excluding carboxylic acids is 2. The third-order valence-electron chi connectivity index (χ3n) is 4.25. The van der Waals surface area contributed by atoms with E-state index in [9.17, 15) is 9.59 Å². The van der Waals surface area contributed by atoms with Crippen molar-refractivity contribution in [1.82, 2.24) is 4.90 Å². The van der Waals surface area contributed by atoms with E-state index in [4.69, 9.17) is 4.74 Å². The van der Waals surface area contributed by atoms with E-state index in [0.29, 0.717) is 16.8 Å². The third kappa shape index (κ3) is 3.21. The minimum absolute atomic E-state index is 0.0334. The smallest absolute Gasteiger partial charge is 0.340 e. The van der Waals surface area contributed by atoms with Gasteiger partial charge in [-0.1, -0.05) is 36.8 Å². The molecule has 1 aromatic rings. The van der Waals surface area contributed by atoms with Crippen molar-refractivity contribution in [2.24, 2.45) is 0 Å². The molecule has 0 spiro atoms. The van der Waals surface area contributed by atoms with Gasteiger partial charge < -0.3 is 9.64 Å². The minimum Gasteiger partial charge on any atom is -0.465 e. The van der Waals surface area contributed by atoms with Crippen LogP contribution >= 0.6 is 0 Å². The SMILES string of the molecule is CC[C@H](C)N1C(=O)/C(=C\c2ccc(C)cc2)C(C(=O)OC)=C1C. The zero-order valence-electron chi connectivity index (χ0n) is 14.3. The van der Waals surface area contributed by atoms with Gasteiger partial charge in [-0.05, 0) is 38.8 Å². The number of hydrogen-bond acceptors (Lipinski definition) is 3. The molecule has 23 heavy (non-hydrogen) atoms. The second kappa shape index (κ2) is 6.82. The highest BCUT2D eigenvalue weighted by Crippen LogP contribution is 2.33. The molecule has 0 radical (unpaired) electrons. The maximum atomic E-state index is 12.8. The first-order valence-electron chi connectivity index (χ1n) is 7.82. The first-order valence-corrected chi connectivity index (χ1v) is 7.82. The highest BCUT2D eigenvalue weighted by Gasteiger charge is 2.38. The summed E-state index contributed by atoms with van der Waals surface area (Å²) in [7, 11) is 1.34. The molecule has 1 aromatic carbocycles. The van der Waals surface area contributed by atoms with E-state index in [2.05, 4.69) is 0 Å². The van der Waals surface area contributed by atoms with Crippen LogP contribution < -0.4 is 0 Å². The monoisotopic (exact) mass is 313 g/mol. The Kier molecular flexibility index (Phi) is 5.04. The predicted octanol–water partition coefficient (Wildman–Crippen LogP) is 3.47. The minimum atomic E-state index is -0.472. The van der Waals surface area contributed by atoms with Crippen molar-refractivity contribution in [1.29, 1.82) is 0 Å². The van der Waals surface area contributed by atoms with Crippen LogP contribution in [0.2, 0.25) is 0 Å². The Bertz CT molecular complexity index is 683. The lowest BCUT2D eigenvalue weighted by atomic mass is 10.0. The molecule has 122 valence electrons. The molecule has 1 heterocycles. The average molecular weight is 313 g/mol. The van der Waals surface area contributed by atoms with Gasteiger partial charge in [0.25, 0.3) is 5.91 Å². The summed E-state index contributed by atoms with van der Waals surface area (Å²) < 4.78 is 4.89. The van der Waals surface area contributed by atoms with E-state index in [1.807, 2.05) is 45.0 Å². The fourth-order valence-corrected chi connectivity index (χ4v) is 2.74. The van der Waals surface area contributed by atoms with Gasteiger partial charge in [-0.2, -0.15) is 0 Å². The predicted molar refractivity (Wildman–Crippen MR) is 90.5 cm³/mol. The van der Waals surface area contributed by atoms with Crippen molar-refractivity contribution in [2.75, 3.05) is 7.11 Å². The summed E-state index contributed by atoms with van der Waals surface area (Å²) in [5.41, 5.74) is 3.46. The molecule has 0 bridgehead atoms. The molecular weight excluding hydrogens is 290 g/mol. The van der Waals surface area contributed by atoms with Gasteiger partial charge in [-0.15, -0.1) is 0 Å². The fourth-order valence-electron chi connectivity index (χ4n) is 2.74. The summed E-state index contributed by atoms with van der Waals surface area (Å²) in [6.07, 6.45) is 2.58. The molecule has 1 atom stereocenters. The Hall–Kier alpha value is -2.36. The molecule has 1 aliphatic heterocycles. The van der Waals surface area contributed by atoms with Crippen LogP contribution in [0.15, 0.2) is 41.1 Å². The molecule has 0 unspecified atom stereocenters. The zero-order valence-corrected chi connectivity index (χ0v) is 14.3. The van der Waals surface area contributed by atoms with Crippen LogP contribution in [0.3, 0.4) is 0 Å². The maximum Gasteiger partial charge on any atom is 0.340 e. The summed E-state index contributed by atoms with van der Waals surface area (Å²) >= 11 is 0. The number of hydrogen-bond donors (Lipinski definition) is 0. The molecular formula is C19H23NO3. The van der Waals surface area contributed by atoms with Crippen LogP contribution in [0.1, 0.15) is 38.3 Å². The van der Waals surface area contributed by atoms with Gasteiger partial charge >= 0.3 is 5.97 Å². The number of benzene rings is 1. The summed E-state index contributed by atoms with van der Waals surface area (Å²) in [4.78, 5) is 26.7. The van der Waals surface area contributed by atoms with Gasteiger partial charge in [0.15, 0.2) is 0 Å². The quantitative estimate of drug-likeness (QED) is 0.631. The number of carbonyl (C=O) groups is 2. The van der Waals surface area contributed by atoms with E-state index in [1.165, 1.54) is 7.11 Å². The number of nitrogens with zero attached hydrogens (tertiary/aromatic N) is 1. The topological polar surface area (TPSA) is 46.6 Å². The highest BCUT2D eigenvalue weighted by atomic mass is 16.5. The van der Waals surface area contributed by atoms with Gasteiger partial charge in [0.05, 0.1) is 18.3 Å². The van der Waals surface area contributed by atoms with Crippen molar-refractivity contribution in [3.05, 3.63) is 52.2 Å². The molecule has 0 aliphatic carbocycles. The molecule has 1 aliphatic rings. The van der Waals surface area contributed by atoms with Gasteiger partial charge in [0, 0.05) is 11.7 Å². The van der Waals surface area contributed by atoms with Crippen LogP contribution in [-0.4, -0.2) is 29.9 Å². The van der Waals surface area contributed by atoms with Gasteiger partial charge in [0.1, 0.15) is 0 Å². The van der Waals surface area contributed by atoms with Gasteiger partial charge in [-0.25, -0.2) is 4.79 Å². The first kappa shape index (κ1) is 17.0. The summed E-state index contributed by atoms with van der Waals surface area (Å²) in [5, 5.41) is 0. The van der Waals surface area contributed by atoms with E-state index in [1.54, 1.807) is 17.9 Å². The number of aryl methyl sites for hydroxylation is 1. The lowest BCUT2D eigenvalue weighted by Crippen LogP contribution is -2.33. The molecule has 2 rings (SSSR count). The number of methoxy groups -OCH3 is 1. The lowest BCUT2D eigenvalue weighted by Gasteiger charge is -2.24. The average Bonchev–Trinajstić information content (AvgIpc) is 2.79. The molecule has 0 N–H and O–H groups in total. The van der Waals surface area contributed by atoms with Crippen molar-refractivity contribution < 1.29 is 14.3 Å². The molecule has 4 heteroatoms. The maximum absolute atomic E-state index is 12.8. The Labute approximate surface area is 137 Å². The summed E-state index contributed by atoms with van der Waals surface area (Å²) in [5.74, 6) is -0.613. The van der Waals surface area contributed by atoms with Crippen LogP contribution in [0.25, 0.3) is 6.08 Å². The van der Waals surface area contributed by atoms with Crippen LogP contribution in [0.4, 0.5) is 0 Å². The van der Waals surface area contributed by atoms with Crippen molar-refractivity contribution >= 4 is 18.0 Å². The first-order chi connectivity index (χ1) is 10.9. The second-order valence-electron chi connectivity index (χ2n) is 5.85. The van der Waals surface area contributed by atoms with E-state index < -0.39 is 5.97 Å². The zero-order chi connectivity index (χ0) is 17.1.